The van der Waals surface area contributed by atoms with Crippen LogP contribution < -0.4 is 5.56 Å². The highest BCUT2D eigenvalue weighted by molar-refractivity contribution is 7.71. The van der Waals surface area contributed by atoms with Gasteiger partial charge in [0.2, 0.25) is 0 Å². The van der Waals surface area contributed by atoms with E-state index >= 15 is 0 Å². The van der Waals surface area contributed by atoms with Crippen LogP contribution in [0.15, 0.2) is 23.0 Å². The Morgan fingerprint density at radius 2 is 2.29 bits per heavy atom. The third kappa shape index (κ3) is 2.78. The zero-order chi connectivity index (χ0) is 15.0. The summed E-state index contributed by atoms with van der Waals surface area (Å²) in [5, 5.41) is 1.23. The molecule has 0 radical (unpaired) electrons. The molecule has 1 unspecified atom stereocenters. The highest BCUT2D eigenvalue weighted by atomic mass is 35.5. The molecule has 112 valence electrons. The number of hydrogen-bond acceptors (Lipinski definition) is 3. The van der Waals surface area contributed by atoms with Crippen LogP contribution >= 0.6 is 23.8 Å². The molecule has 1 aliphatic rings. The first kappa shape index (κ1) is 14.8. The molecular formula is C15H18ClN3OS. The molecule has 1 aromatic heterocycles. The number of nitrogens with zero attached hydrogens (tertiary/aromatic N) is 2. The molecule has 1 saturated heterocycles. The SMILES string of the molecule is CCN1CCCC1Cn1c(=S)[nH]c2cc(Cl)ccc2c1=O. The average molecular weight is 324 g/mol. The Hall–Kier alpha value is -1.17. The maximum Gasteiger partial charge on any atom is 0.262 e. The van der Waals surface area contributed by atoms with Crippen LogP contribution in [-0.2, 0) is 6.54 Å². The second-order valence-corrected chi connectivity index (χ2v) is 6.28. The molecule has 1 fully saturated rings. The zero-order valence-electron chi connectivity index (χ0n) is 11.9. The van der Waals surface area contributed by atoms with E-state index in [1.54, 1.807) is 22.8 Å². The van der Waals surface area contributed by atoms with Gasteiger partial charge in [-0.25, -0.2) is 0 Å². The van der Waals surface area contributed by atoms with E-state index < -0.39 is 0 Å². The molecule has 0 saturated carbocycles. The minimum absolute atomic E-state index is 0.0339. The first-order chi connectivity index (χ1) is 10.1. The van der Waals surface area contributed by atoms with Gasteiger partial charge >= 0.3 is 0 Å². The van der Waals surface area contributed by atoms with E-state index in [0.29, 0.717) is 33.3 Å². The van der Waals surface area contributed by atoms with Crippen LogP contribution in [0, 0.1) is 4.77 Å². The smallest absolute Gasteiger partial charge is 0.262 e. The van der Waals surface area contributed by atoms with Gasteiger partial charge in [-0.2, -0.15) is 0 Å². The van der Waals surface area contributed by atoms with Crippen LogP contribution in [0.25, 0.3) is 10.9 Å². The molecule has 1 N–H and O–H groups in total. The van der Waals surface area contributed by atoms with Gasteiger partial charge in [0.15, 0.2) is 4.77 Å². The van der Waals surface area contributed by atoms with E-state index in [2.05, 4.69) is 16.8 Å². The lowest BCUT2D eigenvalue weighted by Gasteiger charge is -2.23. The zero-order valence-corrected chi connectivity index (χ0v) is 13.5. The molecule has 6 heteroatoms. The van der Waals surface area contributed by atoms with Crippen molar-refractivity contribution in [3.8, 4) is 0 Å². The number of likely N-dealkylation sites (tertiary alicyclic amines) is 1. The van der Waals surface area contributed by atoms with Gasteiger partial charge in [-0.1, -0.05) is 18.5 Å². The number of aromatic amines is 1. The minimum Gasteiger partial charge on any atom is -0.332 e. The quantitative estimate of drug-likeness (QED) is 0.882. The normalized spacial score (nSPS) is 19.4. The van der Waals surface area contributed by atoms with E-state index in [-0.39, 0.29) is 5.56 Å². The Balaban J connectivity index is 2.05. The number of likely N-dealkylation sites (N-methyl/N-ethyl adjacent to an activating group) is 1. The topological polar surface area (TPSA) is 41.0 Å². The summed E-state index contributed by atoms with van der Waals surface area (Å²) in [7, 11) is 0. The van der Waals surface area contributed by atoms with Crippen molar-refractivity contribution in [1.29, 1.82) is 0 Å². The van der Waals surface area contributed by atoms with Gasteiger partial charge in [0.1, 0.15) is 0 Å². The Bertz CT molecular complexity index is 783. The number of aromatic nitrogens is 2. The maximum atomic E-state index is 12.7. The predicted molar refractivity (Wildman–Crippen MR) is 88.7 cm³/mol. The lowest BCUT2D eigenvalue weighted by Crippen LogP contribution is -2.36. The highest BCUT2D eigenvalue weighted by Crippen LogP contribution is 2.19. The van der Waals surface area contributed by atoms with Gasteiger partial charge < -0.3 is 4.98 Å². The molecule has 3 rings (SSSR count). The van der Waals surface area contributed by atoms with Crippen molar-refractivity contribution < 1.29 is 0 Å². The number of nitrogens with one attached hydrogen (secondary N) is 1. The second-order valence-electron chi connectivity index (χ2n) is 5.46. The molecule has 0 spiro atoms. The monoisotopic (exact) mass is 323 g/mol. The van der Waals surface area contributed by atoms with Gasteiger partial charge in [0.05, 0.1) is 10.9 Å². The fourth-order valence-electron chi connectivity index (χ4n) is 3.12. The Morgan fingerprint density at radius 3 is 3.05 bits per heavy atom. The summed E-state index contributed by atoms with van der Waals surface area (Å²) in [5.74, 6) is 0. The first-order valence-corrected chi connectivity index (χ1v) is 8.05. The summed E-state index contributed by atoms with van der Waals surface area (Å²) in [6.07, 6.45) is 2.31. The number of benzene rings is 1. The van der Waals surface area contributed by atoms with Crippen molar-refractivity contribution in [3.05, 3.63) is 38.3 Å². The number of fused-ring (bicyclic) bond motifs is 1. The lowest BCUT2D eigenvalue weighted by atomic mass is 10.2. The van der Waals surface area contributed by atoms with Crippen molar-refractivity contribution in [2.24, 2.45) is 0 Å². The van der Waals surface area contributed by atoms with E-state index in [0.717, 1.165) is 19.5 Å². The van der Waals surface area contributed by atoms with Crippen LogP contribution in [0.1, 0.15) is 19.8 Å². The van der Waals surface area contributed by atoms with Crippen molar-refractivity contribution in [1.82, 2.24) is 14.5 Å². The minimum atomic E-state index is -0.0339. The van der Waals surface area contributed by atoms with Gasteiger partial charge in [0, 0.05) is 17.6 Å². The molecule has 0 amide bonds. The van der Waals surface area contributed by atoms with Crippen LogP contribution in [0.2, 0.25) is 5.02 Å². The van der Waals surface area contributed by atoms with Gasteiger partial charge in [0.25, 0.3) is 5.56 Å². The van der Waals surface area contributed by atoms with Crippen molar-refractivity contribution >= 4 is 34.7 Å². The van der Waals surface area contributed by atoms with Crippen LogP contribution in [0.3, 0.4) is 0 Å². The Labute approximate surface area is 133 Å². The summed E-state index contributed by atoms with van der Waals surface area (Å²) in [4.78, 5) is 18.2. The van der Waals surface area contributed by atoms with Crippen LogP contribution in [0.5, 0.6) is 0 Å². The van der Waals surface area contributed by atoms with Crippen LogP contribution in [0.4, 0.5) is 0 Å². The maximum absolute atomic E-state index is 12.7. The molecular weight excluding hydrogens is 306 g/mol. The number of H-pyrrole nitrogens is 1. The Morgan fingerprint density at radius 1 is 1.48 bits per heavy atom. The van der Waals surface area contributed by atoms with E-state index in [4.69, 9.17) is 23.8 Å². The summed E-state index contributed by atoms with van der Waals surface area (Å²) in [6, 6.07) is 5.63. The van der Waals surface area contributed by atoms with E-state index in [1.165, 1.54) is 6.42 Å². The third-order valence-electron chi connectivity index (χ3n) is 4.24. The molecule has 1 aliphatic heterocycles. The highest BCUT2D eigenvalue weighted by Gasteiger charge is 2.24. The summed E-state index contributed by atoms with van der Waals surface area (Å²) in [6.45, 7) is 4.93. The molecule has 2 aromatic rings. The Kier molecular flexibility index (Phi) is 4.15. The summed E-state index contributed by atoms with van der Waals surface area (Å²) >= 11 is 11.3. The average Bonchev–Trinajstić information content (AvgIpc) is 2.90. The predicted octanol–water partition coefficient (Wildman–Crippen LogP) is 3.20. The molecule has 21 heavy (non-hydrogen) atoms. The molecule has 0 bridgehead atoms. The van der Waals surface area contributed by atoms with Crippen molar-refractivity contribution in [2.45, 2.75) is 32.4 Å². The van der Waals surface area contributed by atoms with Crippen molar-refractivity contribution in [3.63, 3.8) is 0 Å². The second kappa shape index (κ2) is 5.91. The fourth-order valence-corrected chi connectivity index (χ4v) is 3.56. The third-order valence-corrected chi connectivity index (χ3v) is 4.80. The molecule has 4 nitrogen and oxygen atoms in total. The van der Waals surface area contributed by atoms with Crippen molar-refractivity contribution in [2.75, 3.05) is 13.1 Å². The van der Waals surface area contributed by atoms with E-state index in [1.807, 2.05) is 0 Å². The number of halogens is 1. The molecule has 0 aliphatic carbocycles. The van der Waals surface area contributed by atoms with Gasteiger partial charge in [-0.05, 0) is 56.3 Å². The number of rotatable bonds is 3. The van der Waals surface area contributed by atoms with Gasteiger partial charge in [-0.15, -0.1) is 0 Å². The summed E-state index contributed by atoms with van der Waals surface area (Å²) in [5.41, 5.74) is 0.667. The fraction of sp³-hybridized carbons (Fsp3) is 0.467. The standard InChI is InChI=1S/C15H18ClN3OS/c1-2-18-7-3-4-11(18)9-19-14(20)12-6-5-10(16)8-13(12)17-15(19)21/h5-6,8,11H,2-4,7,9H2,1H3,(H,17,21). The first-order valence-electron chi connectivity index (χ1n) is 7.26. The number of hydrogen-bond donors (Lipinski definition) is 1. The lowest BCUT2D eigenvalue weighted by molar-refractivity contribution is 0.241. The largest absolute Gasteiger partial charge is 0.332 e. The molecule has 1 atom stereocenters. The van der Waals surface area contributed by atoms with Gasteiger partial charge in [-0.3, -0.25) is 14.3 Å². The summed E-state index contributed by atoms with van der Waals surface area (Å²) < 4.78 is 2.15. The van der Waals surface area contributed by atoms with Crippen LogP contribution in [-0.4, -0.2) is 33.6 Å². The molecule has 1 aromatic carbocycles. The van der Waals surface area contributed by atoms with E-state index in [9.17, 15) is 4.79 Å². The molecule has 2 heterocycles.